The zero-order chi connectivity index (χ0) is 14.8. The van der Waals surface area contributed by atoms with E-state index in [1.807, 2.05) is 43.0 Å². The number of carbonyl (C=O) groups is 2. The molecule has 1 aliphatic rings. The Morgan fingerprint density at radius 1 is 1.40 bits per heavy atom. The summed E-state index contributed by atoms with van der Waals surface area (Å²) in [5.74, 6) is 0.397. The summed E-state index contributed by atoms with van der Waals surface area (Å²) in [4.78, 5) is 25.8. The van der Waals surface area contributed by atoms with Gasteiger partial charge in [-0.3, -0.25) is 9.59 Å². The Morgan fingerprint density at radius 3 is 2.80 bits per heavy atom. The zero-order valence-corrected chi connectivity index (χ0v) is 13.6. The van der Waals surface area contributed by atoms with E-state index >= 15 is 0 Å². The summed E-state index contributed by atoms with van der Waals surface area (Å²) < 4.78 is 1.03. The van der Waals surface area contributed by atoms with Crippen LogP contribution >= 0.6 is 15.9 Å². The van der Waals surface area contributed by atoms with Crippen LogP contribution in [0.4, 0.5) is 0 Å². The number of piperidine rings is 1. The molecule has 1 aromatic rings. The van der Waals surface area contributed by atoms with Crippen LogP contribution in [0.5, 0.6) is 0 Å². The second kappa shape index (κ2) is 6.08. The second-order valence-corrected chi connectivity index (χ2v) is 6.87. The van der Waals surface area contributed by atoms with Crippen LogP contribution in [0.25, 0.3) is 0 Å². The van der Waals surface area contributed by atoms with E-state index in [1.165, 1.54) is 0 Å². The van der Waals surface area contributed by atoms with Crippen molar-refractivity contribution < 1.29 is 9.59 Å². The van der Waals surface area contributed by atoms with Crippen LogP contribution in [0.3, 0.4) is 0 Å². The Morgan fingerprint density at radius 2 is 2.15 bits per heavy atom. The maximum Gasteiger partial charge on any atom is 0.223 e. The van der Waals surface area contributed by atoms with Gasteiger partial charge in [0.05, 0.1) is 0 Å². The standard InChI is InChI=1S/C16H20BrNO2/c1-16(2)11-14(19)8-9-18(16)15(20)7-6-12-4-3-5-13(17)10-12/h3-5,10H,6-9,11H2,1-2H3. The summed E-state index contributed by atoms with van der Waals surface area (Å²) in [6, 6.07) is 8.03. The molecule has 0 spiro atoms. The third-order valence-electron chi connectivity index (χ3n) is 3.79. The third kappa shape index (κ3) is 3.69. The van der Waals surface area contributed by atoms with Crippen LogP contribution in [0.15, 0.2) is 28.7 Å². The first-order valence-electron chi connectivity index (χ1n) is 6.95. The topological polar surface area (TPSA) is 37.4 Å². The summed E-state index contributed by atoms with van der Waals surface area (Å²) in [7, 11) is 0. The fourth-order valence-electron chi connectivity index (χ4n) is 2.75. The summed E-state index contributed by atoms with van der Waals surface area (Å²) in [5, 5.41) is 0. The number of likely N-dealkylation sites (tertiary alicyclic amines) is 1. The van der Waals surface area contributed by atoms with Gasteiger partial charge in [-0.05, 0) is 38.0 Å². The smallest absolute Gasteiger partial charge is 0.223 e. The summed E-state index contributed by atoms with van der Waals surface area (Å²) in [6.07, 6.45) is 2.19. The van der Waals surface area contributed by atoms with Crippen LogP contribution in [0.1, 0.15) is 38.7 Å². The van der Waals surface area contributed by atoms with Crippen molar-refractivity contribution >= 4 is 27.6 Å². The average Bonchev–Trinajstić information content (AvgIpc) is 2.35. The number of hydrogen-bond acceptors (Lipinski definition) is 2. The molecule has 1 heterocycles. The summed E-state index contributed by atoms with van der Waals surface area (Å²) in [5.41, 5.74) is 0.808. The molecule has 1 aliphatic heterocycles. The van der Waals surface area contributed by atoms with Gasteiger partial charge in [0.1, 0.15) is 5.78 Å². The molecule has 0 bridgehead atoms. The number of halogens is 1. The molecule has 108 valence electrons. The molecule has 1 fully saturated rings. The molecule has 0 radical (unpaired) electrons. The highest BCUT2D eigenvalue weighted by Gasteiger charge is 2.36. The fourth-order valence-corrected chi connectivity index (χ4v) is 3.19. The highest BCUT2D eigenvalue weighted by Crippen LogP contribution is 2.26. The monoisotopic (exact) mass is 337 g/mol. The maximum absolute atomic E-state index is 12.4. The van der Waals surface area contributed by atoms with Crippen molar-refractivity contribution in [2.75, 3.05) is 6.54 Å². The number of benzene rings is 1. The van der Waals surface area contributed by atoms with Gasteiger partial charge in [0.15, 0.2) is 0 Å². The number of amides is 1. The van der Waals surface area contributed by atoms with E-state index in [2.05, 4.69) is 15.9 Å². The minimum Gasteiger partial charge on any atom is -0.337 e. The molecule has 3 nitrogen and oxygen atoms in total. The van der Waals surface area contributed by atoms with E-state index in [9.17, 15) is 9.59 Å². The number of aryl methyl sites for hydroxylation is 1. The van der Waals surface area contributed by atoms with Crippen molar-refractivity contribution in [2.24, 2.45) is 0 Å². The quantitative estimate of drug-likeness (QED) is 0.848. The van der Waals surface area contributed by atoms with Gasteiger partial charge in [-0.1, -0.05) is 28.1 Å². The van der Waals surface area contributed by atoms with Gasteiger partial charge in [-0.2, -0.15) is 0 Å². The zero-order valence-electron chi connectivity index (χ0n) is 12.0. The molecule has 0 N–H and O–H groups in total. The summed E-state index contributed by atoms with van der Waals surface area (Å²) >= 11 is 3.44. The predicted octanol–water partition coefficient (Wildman–Crippen LogP) is 3.35. The Kier molecular flexibility index (Phi) is 4.63. The lowest BCUT2D eigenvalue weighted by Crippen LogP contribution is -2.53. The fraction of sp³-hybridized carbons (Fsp3) is 0.500. The van der Waals surface area contributed by atoms with Crippen molar-refractivity contribution in [1.82, 2.24) is 4.90 Å². The first-order chi connectivity index (χ1) is 9.38. The van der Waals surface area contributed by atoms with E-state index < -0.39 is 0 Å². The Bertz CT molecular complexity index is 525. The van der Waals surface area contributed by atoms with Crippen molar-refractivity contribution in [1.29, 1.82) is 0 Å². The first-order valence-corrected chi connectivity index (χ1v) is 7.74. The number of ketones is 1. The largest absolute Gasteiger partial charge is 0.337 e. The highest BCUT2D eigenvalue weighted by molar-refractivity contribution is 9.10. The number of hydrogen-bond donors (Lipinski definition) is 0. The van der Waals surface area contributed by atoms with Crippen LogP contribution in [0.2, 0.25) is 0 Å². The molecule has 4 heteroatoms. The van der Waals surface area contributed by atoms with Crippen LogP contribution in [-0.4, -0.2) is 28.7 Å². The predicted molar refractivity (Wildman–Crippen MR) is 82.5 cm³/mol. The van der Waals surface area contributed by atoms with Gasteiger partial charge >= 0.3 is 0 Å². The third-order valence-corrected chi connectivity index (χ3v) is 4.29. The molecule has 1 amide bonds. The Labute approximate surface area is 128 Å². The molecule has 2 rings (SSSR count). The van der Waals surface area contributed by atoms with Crippen molar-refractivity contribution in [3.8, 4) is 0 Å². The van der Waals surface area contributed by atoms with Crippen LogP contribution in [0, 0.1) is 0 Å². The number of rotatable bonds is 3. The van der Waals surface area contributed by atoms with E-state index in [0.717, 1.165) is 16.5 Å². The molecule has 0 aliphatic carbocycles. The second-order valence-electron chi connectivity index (χ2n) is 5.95. The molecule has 0 aromatic heterocycles. The lowest BCUT2D eigenvalue weighted by atomic mass is 9.89. The van der Waals surface area contributed by atoms with Crippen LogP contribution in [-0.2, 0) is 16.0 Å². The Balaban J connectivity index is 1.96. The molecule has 1 aromatic carbocycles. The average molecular weight is 338 g/mol. The van der Waals surface area contributed by atoms with E-state index in [0.29, 0.717) is 25.8 Å². The lowest BCUT2D eigenvalue weighted by molar-refractivity contribution is -0.142. The Hall–Kier alpha value is -1.16. The van der Waals surface area contributed by atoms with E-state index in [1.54, 1.807) is 0 Å². The maximum atomic E-state index is 12.4. The molecule has 0 unspecified atom stereocenters. The van der Waals surface area contributed by atoms with Crippen LogP contribution < -0.4 is 0 Å². The van der Waals surface area contributed by atoms with Gasteiger partial charge in [0.2, 0.25) is 5.91 Å². The normalized spacial score (nSPS) is 18.1. The molecular formula is C16H20BrNO2. The summed E-state index contributed by atoms with van der Waals surface area (Å²) in [6.45, 7) is 4.51. The van der Waals surface area contributed by atoms with Gasteiger partial charge in [0, 0.05) is 35.8 Å². The molecule has 0 atom stereocenters. The van der Waals surface area contributed by atoms with E-state index in [-0.39, 0.29) is 17.2 Å². The lowest BCUT2D eigenvalue weighted by Gasteiger charge is -2.41. The molecular weight excluding hydrogens is 318 g/mol. The molecule has 0 saturated carbocycles. The highest BCUT2D eigenvalue weighted by atomic mass is 79.9. The van der Waals surface area contributed by atoms with Gasteiger partial charge in [0.25, 0.3) is 0 Å². The van der Waals surface area contributed by atoms with Crippen molar-refractivity contribution in [2.45, 2.75) is 45.1 Å². The van der Waals surface area contributed by atoms with Gasteiger partial charge in [-0.15, -0.1) is 0 Å². The number of nitrogens with zero attached hydrogens (tertiary/aromatic N) is 1. The van der Waals surface area contributed by atoms with Crippen molar-refractivity contribution in [3.63, 3.8) is 0 Å². The number of Topliss-reactive ketones (excluding diaryl/α,β-unsaturated/α-hetero) is 1. The minimum atomic E-state index is -0.344. The van der Waals surface area contributed by atoms with E-state index in [4.69, 9.17) is 0 Å². The minimum absolute atomic E-state index is 0.141. The van der Waals surface area contributed by atoms with Gasteiger partial charge < -0.3 is 4.90 Å². The van der Waals surface area contributed by atoms with Gasteiger partial charge in [-0.25, -0.2) is 0 Å². The van der Waals surface area contributed by atoms with Crippen molar-refractivity contribution in [3.05, 3.63) is 34.3 Å². The molecule has 1 saturated heterocycles. The SMILES string of the molecule is CC1(C)CC(=O)CCN1C(=O)CCc1cccc(Br)c1. The molecule has 20 heavy (non-hydrogen) atoms. The first kappa shape index (κ1) is 15.2. The number of carbonyl (C=O) groups excluding carboxylic acids is 2.